The zero-order valence-corrected chi connectivity index (χ0v) is 13.3. The SMILES string of the molecule is O=C(O)C[S+]([O-])c1cccc2c1CN(C1CCC(=O)NC1=O)C2=O. The van der Waals surface area contributed by atoms with Gasteiger partial charge in [0.1, 0.15) is 6.04 Å². The molecule has 2 aliphatic rings. The summed E-state index contributed by atoms with van der Waals surface area (Å²) in [5.41, 5.74) is 0.794. The summed E-state index contributed by atoms with van der Waals surface area (Å²) in [5.74, 6) is -3.03. The number of fused-ring (bicyclic) bond motifs is 1. The third-order valence-electron chi connectivity index (χ3n) is 4.04. The van der Waals surface area contributed by atoms with Crippen molar-refractivity contribution in [3.05, 3.63) is 29.3 Å². The molecule has 1 fully saturated rings. The minimum atomic E-state index is -1.78. The van der Waals surface area contributed by atoms with Crippen molar-refractivity contribution < 1.29 is 28.8 Å². The highest BCUT2D eigenvalue weighted by molar-refractivity contribution is 7.92. The van der Waals surface area contributed by atoms with Gasteiger partial charge in [0.25, 0.3) is 5.91 Å². The smallest absolute Gasteiger partial charge is 0.354 e. The van der Waals surface area contributed by atoms with Gasteiger partial charge >= 0.3 is 5.97 Å². The summed E-state index contributed by atoms with van der Waals surface area (Å²) in [6.45, 7) is 0.0714. The average molecular weight is 350 g/mol. The maximum Gasteiger partial charge on any atom is 0.354 e. The number of aliphatic carboxylic acids is 1. The molecule has 1 aromatic carbocycles. The second-order valence-corrected chi connectivity index (χ2v) is 6.99. The molecule has 2 atom stereocenters. The van der Waals surface area contributed by atoms with Crippen molar-refractivity contribution >= 4 is 34.9 Å². The zero-order valence-electron chi connectivity index (χ0n) is 12.5. The van der Waals surface area contributed by atoms with Gasteiger partial charge in [-0.25, -0.2) is 4.79 Å². The summed E-state index contributed by atoms with van der Waals surface area (Å²) in [7, 11) is 0. The fraction of sp³-hybridized carbons (Fsp3) is 0.333. The molecule has 0 bridgehead atoms. The van der Waals surface area contributed by atoms with Gasteiger partial charge in [-0.15, -0.1) is 0 Å². The molecule has 3 amide bonds. The normalized spacial score (nSPS) is 21.5. The molecule has 3 rings (SSSR count). The number of rotatable bonds is 4. The Morgan fingerprint density at radius 3 is 2.79 bits per heavy atom. The lowest BCUT2D eigenvalue weighted by Crippen LogP contribution is -2.52. The summed E-state index contributed by atoms with van der Waals surface area (Å²) in [5, 5.41) is 11.0. The molecule has 1 aromatic rings. The topological polar surface area (TPSA) is 127 Å². The molecule has 0 aliphatic carbocycles. The second kappa shape index (κ2) is 6.25. The Hall–Kier alpha value is -2.39. The molecule has 1 saturated heterocycles. The van der Waals surface area contributed by atoms with Crippen LogP contribution in [0.3, 0.4) is 0 Å². The molecule has 2 unspecified atom stereocenters. The van der Waals surface area contributed by atoms with E-state index in [1.807, 2.05) is 0 Å². The second-order valence-electron chi connectivity index (χ2n) is 5.57. The Bertz CT molecular complexity index is 749. The van der Waals surface area contributed by atoms with Crippen LogP contribution in [0.2, 0.25) is 0 Å². The first-order valence-electron chi connectivity index (χ1n) is 7.25. The Morgan fingerprint density at radius 2 is 2.12 bits per heavy atom. The summed E-state index contributed by atoms with van der Waals surface area (Å²) in [6.07, 6.45) is 0.381. The number of nitrogens with one attached hydrogen (secondary N) is 1. The van der Waals surface area contributed by atoms with Crippen LogP contribution < -0.4 is 5.32 Å². The van der Waals surface area contributed by atoms with Crippen LogP contribution >= 0.6 is 0 Å². The lowest BCUT2D eigenvalue weighted by molar-refractivity contribution is -0.137. The summed E-state index contributed by atoms with van der Waals surface area (Å²) in [6, 6.07) is 3.87. The summed E-state index contributed by atoms with van der Waals surface area (Å²) >= 11 is -1.78. The van der Waals surface area contributed by atoms with Crippen LogP contribution in [-0.2, 0) is 32.1 Å². The molecular weight excluding hydrogens is 336 g/mol. The number of hydrogen-bond donors (Lipinski definition) is 2. The van der Waals surface area contributed by atoms with E-state index in [-0.39, 0.29) is 36.1 Å². The fourth-order valence-electron chi connectivity index (χ4n) is 2.96. The zero-order chi connectivity index (χ0) is 17.4. The predicted octanol–water partition coefficient (Wildman–Crippen LogP) is -0.360. The highest BCUT2D eigenvalue weighted by Crippen LogP contribution is 2.32. The minimum Gasteiger partial charge on any atom is -0.611 e. The van der Waals surface area contributed by atoms with Crippen LogP contribution in [0.5, 0.6) is 0 Å². The number of carbonyl (C=O) groups excluding carboxylic acids is 3. The summed E-state index contributed by atoms with van der Waals surface area (Å²) < 4.78 is 12.2. The Labute approximate surface area is 140 Å². The van der Waals surface area contributed by atoms with Gasteiger partial charge < -0.3 is 14.6 Å². The molecule has 126 valence electrons. The predicted molar refractivity (Wildman–Crippen MR) is 81.4 cm³/mol. The number of imide groups is 1. The van der Waals surface area contributed by atoms with Crippen molar-refractivity contribution in [2.45, 2.75) is 30.3 Å². The van der Waals surface area contributed by atoms with Crippen molar-refractivity contribution in [1.82, 2.24) is 10.2 Å². The van der Waals surface area contributed by atoms with Gasteiger partial charge in [-0.05, 0) is 29.7 Å². The van der Waals surface area contributed by atoms with E-state index in [4.69, 9.17) is 5.11 Å². The Morgan fingerprint density at radius 1 is 1.38 bits per heavy atom. The minimum absolute atomic E-state index is 0.0714. The van der Waals surface area contributed by atoms with Gasteiger partial charge in [-0.3, -0.25) is 19.7 Å². The van der Waals surface area contributed by atoms with Crippen molar-refractivity contribution in [3.8, 4) is 0 Å². The van der Waals surface area contributed by atoms with Crippen LogP contribution in [0.15, 0.2) is 23.1 Å². The number of hydrogen-bond acceptors (Lipinski definition) is 5. The first kappa shape index (κ1) is 16.5. The van der Waals surface area contributed by atoms with E-state index in [1.165, 1.54) is 11.0 Å². The van der Waals surface area contributed by atoms with Crippen LogP contribution in [0.1, 0.15) is 28.8 Å². The molecule has 0 spiro atoms. The van der Waals surface area contributed by atoms with Gasteiger partial charge in [0.15, 0.2) is 4.90 Å². The highest BCUT2D eigenvalue weighted by atomic mass is 32.2. The molecule has 9 heteroatoms. The number of carboxylic acids is 1. The van der Waals surface area contributed by atoms with Crippen molar-refractivity contribution in [2.75, 3.05) is 5.75 Å². The molecule has 24 heavy (non-hydrogen) atoms. The number of carboxylic acid groups (broad SMARTS) is 1. The molecule has 2 N–H and O–H groups in total. The van der Waals surface area contributed by atoms with E-state index in [2.05, 4.69) is 5.32 Å². The first-order valence-corrected chi connectivity index (χ1v) is 8.57. The maximum atomic E-state index is 12.6. The Kier molecular flexibility index (Phi) is 4.29. The average Bonchev–Trinajstić information content (AvgIpc) is 2.84. The lowest BCUT2D eigenvalue weighted by Gasteiger charge is -2.29. The van der Waals surface area contributed by atoms with E-state index < -0.39 is 34.8 Å². The third kappa shape index (κ3) is 2.87. The summed E-state index contributed by atoms with van der Waals surface area (Å²) in [4.78, 5) is 48.2. The fourth-order valence-corrected chi connectivity index (χ4v) is 4.02. The molecule has 0 saturated carbocycles. The van der Waals surface area contributed by atoms with Gasteiger partial charge in [-0.1, -0.05) is 6.07 Å². The first-order chi connectivity index (χ1) is 11.4. The number of piperidine rings is 1. The molecule has 2 aliphatic heterocycles. The van der Waals surface area contributed by atoms with Crippen molar-refractivity contribution in [3.63, 3.8) is 0 Å². The van der Waals surface area contributed by atoms with Crippen LogP contribution in [-0.4, -0.2) is 50.0 Å². The number of amides is 3. The van der Waals surface area contributed by atoms with Crippen LogP contribution in [0.25, 0.3) is 0 Å². The van der Waals surface area contributed by atoms with E-state index in [9.17, 15) is 23.7 Å². The van der Waals surface area contributed by atoms with E-state index in [0.717, 1.165) is 0 Å². The number of benzene rings is 1. The largest absolute Gasteiger partial charge is 0.611 e. The highest BCUT2D eigenvalue weighted by Gasteiger charge is 2.41. The van der Waals surface area contributed by atoms with Crippen molar-refractivity contribution in [1.29, 1.82) is 0 Å². The standard InChI is InChI=1S/C15H14N2O6S/c18-12-5-4-10(14(21)16-12)17-6-9-8(15(17)22)2-1-3-11(9)24(23)7-13(19)20/h1-3,10H,4-7H2,(H,19,20)(H,16,18,21). The lowest BCUT2D eigenvalue weighted by atomic mass is 10.0. The number of nitrogens with zero attached hydrogens (tertiary/aromatic N) is 1. The third-order valence-corrected chi connectivity index (χ3v) is 5.42. The molecular formula is C15H14N2O6S. The maximum absolute atomic E-state index is 12.6. The van der Waals surface area contributed by atoms with Gasteiger partial charge in [-0.2, -0.15) is 0 Å². The van der Waals surface area contributed by atoms with Gasteiger partial charge in [0, 0.05) is 17.5 Å². The van der Waals surface area contributed by atoms with Crippen LogP contribution in [0, 0.1) is 0 Å². The molecule has 0 aromatic heterocycles. The molecule has 8 nitrogen and oxygen atoms in total. The van der Waals surface area contributed by atoms with Crippen LogP contribution in [0.4, 0.5) is 0 Å². The monoisotopic (exact) mass is 350 g/mol. The molecule has 2 heterocycles. The van der Waals surface area contributed by atoms with E-state index >= 15 is 0 Å². The molecule has 0 radical (unpaired) electrons. The van der Waals surface area contributed by atoms with E-state index in [1.54, 1.807) is 12.1 Å². The quantitative estimate of drug-likeness (QED) is 0.564. The number of carbonyl (C=O) groups is 4. The Balaban J connectivity index is 1.88. The van der Waals surface area contributed by atoms with Crippen molar-refractivity contribution in [2.24, 2.45) is 0 Å². The van der Waals surface area contributed by atoms with E-state index in [0.29, 0.717) is 11.1 Å². The van der Waals surface area contributed by atoms with Gasteiger partial charge in [0.05, 0.1) is 6.54 Å². The van der Waals surface area contributed by atoms with Gasteiger partial charge in [0.2, 0.25) is 17.6 Å².